The number of alkyl halides is 1. The summed E-state index contributed by atoms with van der Waals surface area (Å²) < 4.78 is 18.7. The lowest BCUT2D eigenvalue weighted by Crippen LogP contribution is -1.98. The van der Waals surface area contributed by atoms with E-state index in [4.69, 9.17) is 4.74 Å². The van der Waals surface area contributed by atoms with Crippen LogP contribution in [0.3, 0.4) is 0 Å². The monoisotopic (exact) mass is 295 g/mol. The number of rotatable bonds is 4. The normalized spacial score (nSPS) is 10.2. The Hall–Kier alpha value is -1.42. The fourth-order valence-corrected chi connectivity index (χ4v) is 1.75. The molecule has 2 nitrogen and oxygen atoms in total. The van der Waals surface area contributed by atoms with Gasteiger partial charge in [-0.15, -0.1) is 0 Å². The molecule has 0 bridgehead atoms. The molecule has 0 saturated carbocycles. The van der Waals surface area contributed by atoms with Gasteiger partial charge in [0, 0.05) is 17.6 Å². The summed E-state index contributed by atoms with van der Waals surface area (Å²) in [6.45, 7) is 0.339. The first kappa shape index (κ1) is 12.0. The molecule has 1 aromatic heterocycles. The molecule has 4 heteroatoms. The summed E-state index contributed by atoms with van der Waals surface area (Å²) in [5.41, 5.74) is 1.66. The van der Waals surface area contributed by atoms with Gasteiger partial charge >= 0.3 is 0 Å². The van der Waals surface area contributed by atoms with Gasteiger partial charge in [0.25, 0.3) is 0 Å². The summed E-state index contributed by atoms with van der Waals surface area (Å²) in [7, 11) is 0. The van der Waals surface area contributed by atoms with Gasteiger partial charge in [-0.2, -0.15) is 0 Å². The molecule has 1 heterocycles. The highest BCUT2D eigenvalue weighted by atomic mass is 79.9. The molecule has 0 radical (unpaired) electrons. The molecule has 2 aromatic rings. The molecule has 88 valence electrons. The molecular weight excluding hydrogens is 285 g/mol. The molecular formula is C13H11BrFNO. The van der Waals surface area contributed by atoms with Crippen LogP contribution in [0, 0.1) is 5.82 Å². The van der Waals surface area contributed by atoms with E-state index in [1.165, 1.54) is 12.1 Å². The zero-order chi connectivity index (χ0) is 12.1. The number of ether oxygens (including phenoxy) is 1. The van der Waals surface area contributed by atoms with Gasteiger partial charge in [0.15, 0.2) is 0 Å². The van der Waals surface area contributed by atoms with Crippen molar-refractivity contribution in [3.05, 3.63) is 59.7 Å². The number of hydrogen-bond acceptors (Lipinski definition) is 2. The second-order valence-corrected chi connectivity index (χ2v) is 4.10. The van der Waals surface area contributed by atoms with Gasteiger partial charge in [0.05, 0.1) is 5.69 Å². The molecule has 0 aliphatic heterocycles. The number of halogens is 2. The third-order valence-electron chi connectivity index (χ3n) is 2.20. The van der Waals surface area contributed by atoms with E-state index in [2.05, 4.69) is 20.9 Å². The Labute approximate surface area is 108 Å². The summed E-state index contributed by atoms with van der Waals surface area (Å²) in [5, 5.41) is 0.602. The standard InChI is InChI=1S/C13H11BrFNO/c14-8-10-5-11(15)7-13(6-10)17-9-12-3-1-2-4-16-12/h1-7H,8-9H2. The molecule has 17 heavy (non-hydrogen) atoms. The Kier molecular flexibility index (Phi) is 4.09. The molecule has 2 rings (SSSR count). The fraction of sp³-hybridized carbons (Fsp3) is 0.154. The molecule has 0 amide bonds. The highest BCUT2D eigenvalue weighted by Gasteiger charge is 2.02. The van der Waals surface area contributed by atoms with E-state index < -0.39 is 0 Å². The number of benzene rings is 1. The summed E-state index contributed by atoms with van der Waals surface area (Å²) >= 11 is 3.29. The summed E-state index contributed by atoms with van der Waals surface area (Å²) in [6, 6.07) is 10.2. The summed E-state index contributed by atoms with van der Waals surface area (Å²) in [6.07, 6.45) is 1.70. The van der Waals surface area contributed by atoms with Crippen LogP contribution in [-0.4, -0.2) is 4.98 Å². The van der Waals surface area contributed by atoms with Gasteiger partial charge in [-0.25, -0.2) is 4.39 Å². The lowest BCUT2D eigenvalue weighted by molar-refractivity contribution is 0.299. The predicted octanol–water partition coefficient (Wildman–Crippen LogP) is 3.69. The Bertz CT molecular complexity index is 490. The van der Waals surface area contributed by atoms with Gasteiger partial charge in [0.2, 0.25) is 0 Å². The third-order valence-corrected chi connectivity index (χ3v) is 2.85. The maximum Gasteiger partial charge on any atom is 0.130 e. The van der Waals surface area contributed by atoms with Crippen LogP contribution >= 0.6 is 15.9 Å². The number of hydrogen-bond donors (Lipinski definition) is 0. The minimum absolute atomic E-state index is 0.294. The predicted molar refractivity (Wildman–Crippen MR) is 67.6 cm³/mol. The van der Waals surface area contributed by atoms with Gasteiger partial charge in [-0.1, -0.05) is 22.0 Å². The van der Waals surface area contributed by atoms with Crippen molar-refractivity contribution in [2.75, 3.05) is 0 Å². The fourth-order valence-electron chi connectivity index (χ4n) is 1.42. The first-order chi connectivity index (χ1) is 8.28. The Balaban J connectivity index is 2.06. The highest BCUT2D eigenvalue weighted by Crippen LogP contribution is 2.19. The molecule has 0 unspecified atom stereocenters. The van der Waals surface area contributed by atoms with Gasteiger partial charge in [0.1, 0.15) is 18.2 Å². The van der Waals surface area contributed by atoms with Crippen molar-refractivity contribution >= 4 is 15.9 Å². The first-order valence-electron chi connectivity index (χ1n) is 5.16. The molecule has 1 aromatic carbocycles. The minimum atomic E-state index is -0.294. The smallest absolute Gasteiger partial charge is 0.130 e. The van der Waals surface area contributed by atoms with E-state index in [0.717, 1.165) is 11.3 Å². The second kappa shape index (κ2) is 5.77. The quantitative estimate of drug-likeness (QED) is 0.803. The zero-order valence-electron chi connectivity index (χ0n) is 9.07. The van der Waals surface area contributed by atoms with E-state index in [9.17, 15) is 4.39 Å². The summed E-state index contributed by atoms with van der Waals surface area (Å²) in [4.78, 5) is 4.13. The Morgan fingerprint density at radius 1 is 1.24 bits per heavy atom. The van der Waals surface area contributed by atoms with E-state index in [1.807, 2.05) is 18.2 Å². The van der Waals surface area contributed by atoms with E-state index in [-0.39, 0.29) is 5.82 Å². The Morgan fingerprint density at radius 2 is 2.12 bits per heavy atom. The molecule has 0 spiro atoms. The van der Waals surface area contributed by atoms with Crippen LogP contribution in [0.2, 0.25) is 0 Å². The lowest BCUT2D eigenvalue weighted by atomic mass is 10.2. The lowest BCUT2D eigenvalue weighted by Gasteiger charge is -2.07. The minimum Gasteiger partial charge on any atom is -0.487 e. The molecule has 0 atom stereocenters. The van der Waals surface area contributed by atoms with Crippen molar-refractivity contribution in [1.29, 1.82) is 0 Å². The maximum absolute atomic E-state index is 13.2. The average molecular weight is 296 g/mol. The molecule has 0 aliphatic rings. The van der Waals surface area contributed by atoms with E-state index in [0.29, 0.717) is 17.7 Å². The van der Waals surface area contributed by atoms with Crippen LogP contribution in [-0.2, 0) is 11.9 Å². The van der Waals surface area contributed by atoms with Crippen LogP contribution in [0.1, 0.15) is 11.3 Å². The largest absolute Gasteiger partial charge is 0.487 e. The van der Waals surface area contributed by atoms with Crippen molar-refractivity contribution in [3.63, 3.8) is 0 Å². The highest BCUT2D eigenvalue weighted by molar-refractivity contribution is 9.08. The molecule has 0 fully saturated rings. The van der Waals surface area contributed by atoms with Gasteiger partial charge < -0.3 is 4.74 Å². The van der Waals surface area contributed by atoms with Crippen molar-refractivity contribution in [2.24, 2.45) is 0 Å². The van der Waals surface area contributed by atoms with Crippen LogP contribution in [0.5, 0.6) is 5.75 Å². The number of aromatic nitrogens is 1. The second-order valence-electron chi connectivity index (χ2n) is 3.54. The van der Waals surface area contributed by atoms with Crippen molar-refractivity contribution in [1.82, 2.24) is 4.98 Å². The zero-order valence-corrected chi connectivity index (χ0v) is 10.7. The van der Waals surface area contributed by atoms with Gasteiger partial charge in [-0.3, -0.25) is 4.98 Å². The third kappa shape index (κ3) is 3.53. The van der Waals surface area contributed by atoms with Crippen molar-refractivity contribution < 1.29 is 9.13 Å². The van der Waals surface area contributed by atoms with E-state index >= 15 is 0 Å². The molecule has 0 aliphatic carbocycles. The summed E-state index contributed by atoms with van der Waals surface area (Å²) in [5.74, 6) is 0.225. The van der Waals surface area contributed by atoms with Crippen LogP contribution < -0.4 is 4.74 Å². The maximum atomic E-state index is 13.2. The first-order valence-corrected chi connectivity index (χ1v) is 6.28. The van der Waals surface area contributed by atoms with E-state index in [1.54, 1.807) is 12.3 Å². The van der Waals surface area contributed by atoms with Crippen LogP contribution in [0.4, 0.5) is 4.39 Å². The van der Waals surface area contributed by atoms with Gasteiger partial charge in [-0.05, 0) is 29.8 Å². The van der Waals surface area contributed by atoms with Crippen molar-refractivity contribution in [2.45, 2.75) is 11.9 Å². The SMILES string of the molecule is Fc1cc(CBr)cc(OCc2ccccn2)c1. The number of nitrogens with zero attached hydrogens (tertiary/aromatic N) is 1. The van der Waals surface area contributed by atoms with Crippen LogP contribution in [0.15, 0.2) is 42.6 Å². The molecule has 0 N–H and O–H groups in total. The van der Waals surface area contributed by atoms with Crippen molar-refractivity contribution in [3.8, 4) is 5.75 Å². The molecule has 0 saturated heterocycles. The average Bonchev–Trinajstić information content (AvgIpc) is 2.37. The van der Waals surface area contributed by atoms with Crippen LogP contribution in [0.25, 0.3) is 0 Å². The topological polar surface area (TPSA) is 22.1 Å². The number of pyridine rings is 1. The Morgan fingerprint density at radius 3 is 2.82 bits per heavy atom.